The molecule has 2 aromatic rings. The summed E-state index contributed by atoms with van der Waals surface area (Å²) in [7, 11) is 0.606. The number of hydrogen-bond donors (Lipinski definition) is 2. The third-order valence-electron chi connectivity index (χ3n) is 5.10. The van der Waals surface area contributed by atoms with Crippen LogP contribution < -0.4 is 9.62 Å². The van der Waals surface area contributed by atoms with Gasteiger partial charge in [0.15, 0.2) is 0 Å². The maximum Gasteiger partial charge on any atom is 0.227 e. The zero-order valence-corrected chi connectivity index (χ0v) is 17.6. The molecule has 1 aromatic carbocycles. The molecule has 0 spiro atoms. The first-order chi connectivity index (χ1) is 12.7. The van der Waals surface area contributed by atoms with Crippen LogP contribution in [-0.2, 0) is 16.0 Å². The molecule has 1 unspecified atom stereocenters. The van der Waals surface area contributed by atoms with E-state index < -0.39 is 10.8 Å². The average Bonchev–Trinajstić information content (AvgIpc) is 3.12. The Morgan fingerprint density at radius 3 is 2.30 bits per heavy atom. The van der Waals surface area contributed by atoms with Gasteiger partial charge in [-0.3, -0.25) is 22.9 Å². The Balaban J connectivity index is 2.03. The SMILES string of the molecule is COS(O)(Nc1c(C)nn(C)c1C)c1c(C)cc(N2CCCC2=O)cc1C. The first-order valence-electron chi connectivity index (χ1n) is 8.99. The number of benzene rings is 1. The molecule has 1 atom stereocenters. The summed E-state index contributed by atoms with van der Waals surface area (Å²) >= 11 is 0. The van der Waals surface area contributed by atoms with Crippen molar-refractivity contribution in [1.82, 2.24) is 9.78 Å². The van der Waals surface area contributed by atoms with Gasteiger partial charge in [-0.25, -0.2) is 0 Å². The van der Waals surface area contributed by atoms with E-state index in [0.29, 0.717) is 6.42 Å². The second kappa shape index (κ2) is 7.18. The van der Waals surface area contributed by atoms with Crippen LogP contribution in [-0.4, -0.2) is 33.9 Å². The third kappa shape index (κ3) is 3.44. The van der Waals surface area contributed by atoms with Crippen molar-refractivity contribution in [3.63, 3.8) is 0 Å². The summed E-state index contributed by atoms with van der Waals surface area (Å²) in [4.78, 5) is 14.6. The Morgan fingerprint density at radius 2 is 1.85 bits per heavy atom. The smallest absolute Gasteiger partial charge is 0.227 e. The molecule has 1 aromatic heterocycles. The van der Waals surface area contributed by atoms with Gasteiger partial charge in [0, 0.05) is 25.7 Å². The highest BCUT2D eigenvalue weighted by molar-refractivity contribution is 8.26. The van der Waals surface area contributed by atoms with Crippen molar-refractivity contribution < 1.29 is 13.5 Å². The minimum absolute atomic E-state index is 0.149. The highest BCUT2D eigenvalue weighted by Crippen LogP contribution is 2.56. The second-order valence-corrected chi connectivity index (χ2v) is 9.02. The van der Waals surface area contributed by atoms with E-state index in [2.05, 4.69) is 9.82 Å². The second-order valence-electron chi connectivity index (χ2n) is 7.02. The minimum Gasteiger partial charge on any atom is -0.312 e. The van der Waals surface area contributed by atoms with E-state index in [-0.39, 0.29) is 5.91 Å². The summed E-state index contributed by atoms with van der Waals surface area (Å²) in [5.74, 6) is 0.149. The van der Waals surface area contributed by atoms with Gasteiger partial charge in [-0.1, -0.05) is 10.8 Å². The molecule has 0 radical (unpaired) electrons. The molecular weight excluding hydrogens is 364 g/mol. The van der Waals surface area contributed by atoms with Crippen LogP contribution in [0.4, 0.5) is 11.4 Å². The Kier molecular flexibility index (Phi) is 5.24. The molecule has 0 bridgehead atoms. The van der Waals surface area contributed by atoms with Gasteiger partial charge >= 0.3 is 0 Å². The van der Waals surface area contributed by atoms with Crippen molar-refractivity contribution in [3.8, 4) is 0 Å². The zero-order chi connectivity index (χ0) is 19.9. The fourth-order valence-electron chi connectivity index (χ4n) is 3.68. The summed E-state index contributed by atoms with van der Waals surface area (Å²) in [5, 5.41) is 4.40. The van der Waals surface area contributed by atoms with E-state index in [9.17, 15) is 9.35 Å². The molecular formula is C19H28N4O3S. The number of carbonyl (C=O) groups excluding carboxylic acids is 1. The van der Waals surface area contributed by atoms with Crippen molar-refractivity contribution in [2.24, 2.45) is 7.05 Å². The molecule has 1 amide bonds. The van der Waals surface area contributed by atoms with E-state index in [1.165, 1.54) is 7.11 Å². The number of nitrogens with one attached hydrogen (secondary N) is 1. The van der Waals surface area contributed by atoms with E-state index in [0.717, 1.165) is 51.8 Å². The van der Waals surface area contributed by atoms with Crippen molar-refractivity contribution in [1.29, 1.82) is 0 Å². The molecule has 3 rings (SSSR count). The van der Waals surface area contributed by atoms with Crippen molar-refractivity contribution in [3.05, 3.63) is 34.6 Å². The van der Waals surface area contributed by atoms with Crippen LogP contribution >= 0.6 is 10.8 Å². The Bertz CT molecular complexity index is 872. The molecule has 0 aliphatic carbocycles. The topological polar surface area (TPSA) is 79.6 Å². The average molecular weight is 393 g/mol. The summed E-state index contributed by atoms with van der Waals surface area (Å²) in [6.45, 7) is 8.46. The van der Waals surface area contributed by atoms with Crippen molar-refractivity contribution >= 4 is 28.1 Å². The lowest BCUT2D eigenvalue weighted by Crippen LogP contribution is -2.24. The van der Waals surface area contributed by atoms with Gasteiger partial charge < -0.3 is 4.90 Å². The number of rotatable bonds is 5. The van der Waals surface area contributed by atoms with Gasteiger partial charge in [0.1, 0.15) is 0 Å². The van der Waals surface area contributed by atoms with Gasteiger partial charge in [0.25, 0.3) is 0 Å². The highest BCUT2D eigenvalue weighted by Gasteiger charge is 2.28. The molecule has 8 heteroatoms. The number of aromatic nitrogens is 2. The van der Waals surface area contributed by atoms with Crippen LogP contribution in [0.5, 0.6) is 0 Å². The molecule has 148 valence electrons. The van der Waals surface area contributed by atoms with Gasteiger partial charge in [-0.05, 0) is 57.4 Å². The monoisotopic (exact) mass is 392 g/mol. The van der Waals surface area contributed by atoms with Crippen LogP contribution in [0.1, 0.15) is 35.4 Å². The molecule has 27 heavy (non-hydrogen) atoms. The normalized spacial score (nSPS) is 17.9. The quantitative estimate of drug-likeness (QED) is 0.804. The lowest BCUT2D eigenvalue weighted by Gasteiger charge is -2.40. The lowest BCUT2D eigenvalue weighted by molar-refractivity contribution is -0.117. The predicted octanol–water partition coefficient (Wildman–Crippen LogP) is 4.01. The van der Waals surface area contributed by atoms with Crippen LogP contribution in [0.3, 0.4) is 0 Å². The maximum atomic E-state index is 12.1. The summed E-state index contributed by atoms with van der Waals surface area (Å²) < 4.78 is 22.0. The number of aryl methyl sites for hydroxylation is 4. The van der Waals surface area contributed by atoms with Crippen LogP contribution in [0.25, 0.3) is 0 Å². The predicted molar refractivity (Wildman–Crippen MR) is 109 cm³/mol. The molecule has 1 aliphatic heterocycles. The van der Waals surface area contributed by atoms with Crippen molar-refractivity contribution in [2.45, 2.75) is 45.4 Å². The highest BCUT2D eigenvalue weighted by atomic mass is 32.3. The summed E-state index contributed by atoms with van der Waals surface area (Å²) in [5.41, 5.74) is 5.14. The number of amides is 1. The molecule has 2 N–H and O–H groups in total. The minimum atomic E-state index is -2.76. The number of carbonyl (C=O) groups is 1. The Hall–Kier alpha value is -2.03. The Morgan fingerprint density at radius 1 is 1.22 bits per heavy atom. The molecule has 1 fully saturated rings. The van der Waals surface area contributed by atoms with E-state index in [4.69, 9.17) is 4.18 Å². The third-order valence-corrected chi connectivity index (χ3v) is 7.26. The standard InChI is InChI=1S/C19H28N4O3S/c1-12-10-16(23-9-7-8-17(23)24)11-13(2)19(12)27(25,26-6)21-18-14(3)20-22(5)15(18)4/h10-11,21,25H,7-9H2,1-6H3. The van der Waals surface area contributed by atoms with E-state index >= 15 is 0 Å². The Labute approximate surface area is 162 Å². The first-order valence-corrected chi connectivity index (χ1v) is 10.5. The van der Waals surface area contributed by atoms with Crippen LogP contribution in [0.15, 0.2) is 17.0 Å². The fourth-order valence-corrected chi connectivity index (χ4v) is 5.59. The summed E-state index contributed by atoms with van der Waals surface area (Å²) in [6.07, 6.45) is 1.47. The maximum absolute atomic E-state index is 12.1. The van der Waals surface area contributed by atoms with Gasteiger partial charge in [-0.15, -0.1) is 0 Å². The van der Waals surface area contributed by atoms with Crippen LogP contribution in [0.2, 0.25) is 0 Å². The number of nitrogens with zero attached hydrogens (tertiary/aromatic N) is 3. The van der Waals surface area contributed by atoms with Gasteiger partial charge in [0.2, 0.25) is 5.91 Å². The molecule has 0 saturated carbocycles. The molecule has 1 aliphatic rings. The van der Waals surface area contributed by atoms with Gasteiger partial charge in [-0.2, -0.15) is 5.10 Å². The molecule has 2 heterocycles. The van der Waals surface area contributed by atoms with E-state index in [1.54, 1.807) is 4.68 Å². The fraction of sp³-hybridized carbons (Fsp3) is 0.474. The molecule has 7 nitrogen and oxygen atoms in total. The summed E-state index contributed by atoms with van der Waals surface area (Å²) in [6, 6.07) is 3.90. The largest absolute Gasteiger partial charge is 0.312 e. The number of anilines is 2. The van der Waals surface area contributed by atoms with Gasteiger partial charge in [0.05, 0.1) is 29.1 Å². The number of hydrogen-bond acceptors (Lipinski definition) is 5. The van der Waals surface area contributed by atoms with Crippen LogP contribution in [0, 0.1) is 27.7 Å². The molecule has 1 saturated heterocycles. The first kappa shape index (κ1) is 19.7. The van der Waals surface area contributed by atoms with E-state index in [1.807, 2.05) is 51.8 Å². The zero-order valence-electron chi connectivity index (χ0n) is 16.8. The van der Waals surface area contributed by atoms with Crippen molar-refractivity contribution in [2.75, 3.05) is 23.3 Å². The lowest BCUT2D eigenvalue weighted by atomic mass is 10.1.